The van der Waals surface area contributed by atoms with Crippen molar-refractivity contribution in [3.05, 3.63) is 68.7 Å². The summed E-state index contributed by atoms with van der Waals surface area (Å²) in [5.41, 5.74) is 3.64. The van der Waals surface area contributed by atoms with E-state index in [0.29, 0.717) is 5.02 Å². The van der Waals surface area contributed by atoms with E-state index in [4.69, 9.17) is 11.6 Å². The van der Waals surface area contributed by atoms with Crippen LogP contribution in [-0.4, -0.2) is 40.1 Å². The highest BCUT2D eigenvalue weighted by atomic mass is 35.5. The fraction of sp³-hybridized carbons (Fsp3) is 0.300. The highest BCUT2D eigenvalue weighted by Crippen LogP contribution is 2.22. The number of piperidine rings is 1. The Balaban J connectivity index is 1.48. The third-order valence-corrected chi connectivity index (χ3v) is 5.13. The van der Waals surface area contributed by atoms with Gasteiger partial charge in [-0.2, -0.15) is 5.10 Å². The van der Waals surface area contributed by atoms with Gasteiger partial charge in [0.05, 0.1) is 11.1 Å². The lowest BCUT2D eigenvalue weighted by molar-refractivity contribution is -0.384. The predicted octanol–water partition coefficient (Wildman–Crippen LogP) is 3.32. The molecule has 152 valence electrons. The predicted molar refractivity (Wildman–Crippen MR) is 110 cm³/mol. The standard InChI is InChI=1S/C20H21ClN4O4/c21-17-3-1-14(2-4-17)13-24-9-7-15(8-10-24)20(27)23-22-12-16-11-18(25(28)29)5-6-19(16)26/h1-6,11-12,15,26H,7-10,13H2,(H,23,27). The zero-order valence-corrected chi connectivity index (χ0v) is 16.4. The molecule has 2 aromatic rings. The summed E-state index contributed by atoms with van der Waals surface area (Å²) >= 11 is 5.91. The number of phenols is 1. The van der Waals surface area contributed by atoms with Gasteiger partial charge in [-0.1, -0.05) is 23.7 Å². The lowest BCUT2D eigenvalue weighted by Crippen LogP contribution is -2.39. The number of hydrazone groups is 1. The van der Waals surface area contributed by atoms with Gasteiger partial charge in [0, 0.05) is 35.2 Å². The molecule has 1 aliphatic heterocycles. The second-order valence-electron chi connectivity index (χ2n) is 6.91. The number of nitrogens with zero attached hydrogens (tertiary/aromatic N) is 3. The second kappa shape index (κ2) is 9.49. The van der Waals surface area contributed by atoms with E-state index in [0.717, 1.165) is 32.5 Å². The average molecular weight is 417 g/mol. The lowest BCUT2D eigenvalue weighted by atomic mass is 9.96. The molecule has 0 bridgehead atoms. The van der Waals surface area contributed by atoms with Crippen LogP contribution in [0.4, 0.5) is 5.69 Å². The van der Waals surface area contributed by atoms with Gasteiger partial charge in [0.25, 0.3) is 5.69 Å². The number of hydrogen-bond acceptors (Lipinski definition) is 6. The Morgan fingerprint density at radius 1 is 1.28 bits per heavy atom. The van der Waals surface area contributed by atoms with Crippen LogP contribution >= 0.6 is 11.6 Å². The summed E-state index contributed by atoms with van der Waals surface area (Å²) in [7, 11) is 0. The van der Waals surface area contributed by atoms with Crippen molar-refractivity contribution in [2.45, 2.75) is 19.4 Å². The van der Waals surface area contributed by atoms with E-state index in [1.807, 2.05) is 24.3 Å². The highest BCUT2D eigenvalue weighted by molar-refractivity contribution is 6.30. The van der Waals surface area contributed by atoms with E-state index in [9.17, 15) is 20.0 Å². The maximum atomic E-state index is 12.3. The first-order valence-electron chi connectivity index (χ1n) is 9.19. The van der Waals surface area contributed by atoms with Gasteiger partial charge in [0.15, 0.2) is 0 Å². The number of rotatable bonds is 6. The van der Waals surface area contributed by atoms with Crippen LogP contribution in [0, 0.1) is 16.0 Å². The number of likely N-dealkylation sites (tertiary alicyclic amines) is 1. The van der Waals surface area contributed by atoms with Gasteiger partial charge in [-0.05, 0) is 49.7 Å². The number of benzene rings is 2. The van der Waals surface area contributed by atoms with Crippen molar-refractivity contribution in [3.63, 3.8) is 0 Å². The van der Waals surface area contributed by atoms with Gasteiger partial charge < -0.3 is 5.11 Å². The lowest BCUT2D eigenvalue weighted by Gasteiger charge is -2.30. The second-order valence-corrected chi connectivity index (χ2v) is 7.35. The maximum absolute atomic E-state index is 12.3. The minimum Gasteiger partial charge on any atom is -0.507 e. The van der Waals surface area contributed by atoms with E-state index < -0.39 is 4.92 Å². The van der Waals surface area contributed by atoms with Crippen molar-refractivity contribution >= 4 is 29.4 Å². The van der Waals surface area contributed by atoms with E-state index in [1.165, 1.54) is 30.0 Å². The topological polar surface area (TPSA) is 108 Å². The van der Waals surface area contributed by atoms with Gasteiger partial charge in [-0.25, -0.2) is 5.43 Å². The summed E-state index contributed by atoms with van der Waals surface area (Å²) in [6.45, 7) is 2.42. The van der Waals surface area contributed by atoms with Crippen molar-refractivity contribution in [2.24, 2.45) is 11.0 Å². The molecule has 0 aromatic heterocycles. The zero-order valence-electron chi connectivity index (χ0n) is 15.6. The number of phenolic OH excluding ortho intramolecular Hbond substituents is 1. The number of nitro benzene ring substituents is 1. The van der Waals surface area contributed by atoms with E-state index in [1.54, 1.807) is 0 Å². The number of carbonyl (C=O) groups excluding carboxylic acids is 1. The number of amides is 1. The summed E-state index contributed by atoms with van der Waals surface area (Å²) in [6.07, 6.45) is 2.64. The average Bonchev–Trinajstić information content (AvgIpc) is 2.71. The molecule has 2 aromatic carbocycles. The summed E-state index contributed by atoms with van der Waals surface area (Å²) in [5.74, 6) is -0.492. The number of halogens is 1. The first kappa shape index (κ1) is 20.8. The molecule has 8 nitrogen and oxygen atoms in total. The first-order valence-corrected chi connectivity index (χ1v) is 9.57. The molecule has 1 heterocycles. The number of carbonyl (C=O) groups is 1. The zero-order chi connectivity index (χ0) is 20.8. The van der Waals surface area contributed by atoms with Gasteiger partial charge in [-0.3, -0.25) is 19.8 Å². The van der Waals surface area contributed by atoms with Crippen LogP contribution in [0.5, 0.6) is 5.75 Å². The SMILES string of the molecule is O=C(NN=Cc1cc([N+](=O)[O-])ccc1O)C1CCN(Cc2ccc(Cl)cc2)CC1. The van der Waals surface area contributed by atoms with Crippen molar-refractivity contribution in [3.8, 4) is 5.75 Å². The molecule has 3 rings (SSSR count). The van der Waals surface area contributed by atoms with Gasteiger partial charge in [0.1, 0.15) is 5.75 Å². The van der Waals surface area contributed by atoms with Crippen molar-refractivity contribution < 1.29 is 14.8 Å². The third kappa shape index (κ3) is 5.75. The molecule has 1 fully saturated rings. The maximum Gasteiger partial charge on any atom is 0.270 e. The van der Waals surface area contributed by atoms with Crippen LogP contribution in [0.1, 0.15) is 24.0 Å². The molecule has 9 heteroatoms. The Morgan fingerprint density at radius 3 is 2.62 bits per heavy atom. The minimum atomic E-state index is -0.562. The summed E-state index contributed by atoms with van der Waals surface area (Å²) in [6, 6.07) is 11.3. The van der Waals surface area contributed by atoms with E-state index in [-0.39, 0.29) is 28.8 Å². The molecular formula is C20H21ClN4O4. The molecule has 29 heavy (non-hydrogen) atoms. The molecule has 0 unspecified atom stereocenters. The van der Waals surface area contributed by atoms with Crippen LogP contribution in [0.25, 0.3) is 0 Å². The monoisotopic (exact) mass is 416 g/mol. The molecule has 0 atom stereocenters. The van der Waals surface area contributed by atoms with Gasteiger partial charge in [0.2, 0.25) is 5.91 Å². The number of nitrogens with one attached hydrogen (secondary N) is 1. The van der Waals surface area contributed by atoms with Crippen LogP contribution < -0.4 is 5.43 Å². The minimum absolute atomic E-state index is 0.146. The van der Waals surface area contributed by atoms with Crippen molar-refractivity contribution in [1.82, 2.24) is 10.3 Å². The molecule has 1 amide bonds. The fourth-order valence-electron chi connectivity index (χ4n) is 3.22. The molecule has 0 saturated carbocycles. The number of hydrogen-bond donors (Lipinski definition) is 2. The smallest absolute Gasteiger partial charge is 0.270 e. The Morgan fingerprint density at radius 2 is 1.97 bits per heavy atom. The first-order chi connectivity index (χ1) is 13.9. The van der Waals surface area contributed by atoms with E-state index >= 15 is 0 Å². The Hall–Kier alpha value is -2.97. The molecule has 1 saturated heterocycles. The van der Waals surface area contributed by atoms with Gasteiger partial charge >= 0.3 is 0 Å². The number of nitro groups is 1. The van der Waals surface area contributed by atoms with Crippen molar-refractivity contribution in [1.29, 1.82) is 0 Å². The summed E-state index contributed by atoms with van der Waals surface area (Å²) < 4.78 is 0. The molecule has 0 radical (unpaired) electrons. The number of aromatic hydroxyl groups is 1. The largest absolute Gasteiger partial charge is 0.507 e. The molecule has 1 aliphatic rings. The van der Waals surface area contributed by atoms with Crippen LogP contribution in [0.15, 0.2) is 47.6 Å². The third-order valence-electron chi connectivity index (χ3n) is 4.88. The molecular weight excluding hydrogens is 396 g/mol. The highest BCUT2D eigenvalue weighted by Gasteiger charge is 2.24. The normalized spacial score (nSPS) is 15.5. The van der Waals surface area contributed by atoms with E-state index in [2.05, 4.69) is 15.4 Å². The molecule has 0 aliphatic carbocycles. The summed E-state index contributed by atoms with van der Waals surface area (Å²) in [5, 5.41) is 25.1. The van der Waals surface area contributed by atoms with Crippen LogP contribution in [0.2, 0.25) is 5.02 Å². The Bertz CT molecular complexity index is 909. The van der Waals surface area contributed by atoms with Crippen LogP contribution in [0.3, 0.4) is 0 Å². The fourth-order valence-corrected chi connectivity index (χ4v) is 3.34. The van der Waals surface area contributed by atoms with Gasteiger partial charge in [-0.15, -0.1) is 0 Å². The number of non-ortho nitro benzene ring substituents is 1. The quantitative estimate of drug-likeness (QED) is 0.426. The summed E-state index contributed by atoms with van der Waals surface area (Å²) in [4.78, 5) is 24.9. The molecule has 0 spiro atoms. The molecule has 2 N–H and O–H groups in total. The Labute approximate surface area is 172 Å². The van der Waals surface area contributed by atoms with Crippen LogP contribution in [-0.2, 0) is 11.3 Å². The van der Waals surface area contributed by atoms with Crippen molar-refractivity contribution in [2.75, 3.05) is 13.1 Å². The Kier molecular flexibility index (Phi) is 6.79.